The van der Waals surface area contributed by atoms with E-state index < -0.39 is 5.54 Å². The zero-order chi connectivity index (χ0) is 23.5. The molecular formula is C27H38N4O3. The van der Waals surface area contributed by atoms with Crippen molar-refractivity contribution < 1.29 is 14.0 Å². The molecule has 5 rings (SSSR count). The first kappa shape index (κ1) is 23.2. The molecule has 7 heteroatoms. The van der Waals surface area contributed by atoms with Gasteiger partial charge in [-0.05, 0) is 82.9 Å². The number of nitrogens with one attached hydrogen (secondary N) is 1. The maximum atomic E-state index is 13.9. The highest BCUT2D eigenvalue weighted by atomic mass is 16.3. The average Bonchev–Trinajstić information content (AvgIpc) is 3.57. The van der Waals surface area contributed by atoms with Crippen LogP contribution in [0.5, 0.6) is 0 Å². The van der Waals surface area contributed by atoms with Crippen LogP contribution in [-0.2, 0) is 11.3 Å². The largest absolute Gasteiger partial charge is 0.463 e. The summed E-state index contributed by atoms with van der Waals surface area (Å²) in [5.41, 5.74) is 0.535. The lowest BCUT2D eigenvalue weighted by molar-refractivity contribution is -0.133. The topological polar surface area (TPSA) is 70.7 Å². The molecular weight excluding hydrogens is 428 g/mol. The molecule has 0 aromatic carbocycles. The third kappa shape index (κ3) is 4.54. The van der Waals surface area contributed by atoms with E-state index in [1.807, 2.05) is 40.7 Å². The van der Waals surface area contributed by atoms with Gasteiger partial charge in [0.15, 0.2) is 0 Å². The monoisotopic (exact) mass is 466 g/mol. The molecule has 3 aliphatic rings. The fourth-order valence-corrected chi connectivity index (χ4v) is 5.99. The van der Waals surface area contributed by atoms with Crippen LogP contribution in [0.25, 0.3) is 11.5 Å². The summed E-state index contributed by atoms with van der Waals surface area (Å²) in [5, 5.41) is 3.35. The first-order valence-electron chi connectivity index (χ1n) is 13.1. The third-order valence-electron chi connectivity index (χ3n) is 8.01. The third-order valence-corrected chi connectivity index (χ3v) is 8.01. The lowest BCUT2D eigenvalue weighted by atomic mass is 9.93. The molecule has 4 heterocycles. The molecule has 0 bridgehead atoms. The van der Waals surface area contributed by atoms with Gasteiger partial charge in [-0.25, -0.2) is 0 Å². The van der Waals surface area contributed by atoms with Gasteiger partial charge in [-0.2, -0.15) is 0 Å². The summed E-state index contributed by atoms with van der Waals surface area (Å²) < 4.78 is 7.62. The molecule has 1 atom stereocenters. The first-order valence-corrected chi connectivity index (χ1v) is 13.1. The molecule has 7 nitrogen and oxygen atoms in total. The lowest BCUT2D eigenvalue weighted by Gasteiger charge is -2.45. The zero-order valence-electron chi connectivity index (χ0n) is 20.4. The van der Waals surface area contributed by atoms with Crippen LogP contribution in [0, 0.1) is 0 Å². The summed E-state index contributed by atoms with van der Waals surface area (Å²) in [6, 6.07) is 7.75. The Bertz CT molecular complexity index is 984. The summed E-state index contributed by atoms with van der Waals surface area (Å²) >= 11 is 0. The minimum Gasteiger partial charge on any atom is -0.463 e. The predicted octanol–water partition coefficient (Wildman–Crippen LogP) is 4.29. The molecule has 34 heavy (non-hydrogen) atoms. The van der Waals surface area contributed by atoms with Gasteiger partial charge in [0.2, 0.25) is 5.91 Å². The molecule has 1 aliphatic carbocycles. The van der Waals surface area contributed by atoms with Crippen molar-refractivity contribution in [2.24, 2.45) is 0 Å². The van der Waals surface area contributed by atoms with Crippen molar-refractivity contribution in [1.29, 1.82) is 0 Å². The number of aromatic nitrogens is 1. The minimum absolute atomic E-state index is 0.0290. The Kier molecular flexibility index (Phi) is 6.82. The second kappa shape index (κ2) is 9.98. The minimum atomic E-state index is -0.943. The standard InChI is InChI=1S/C27H38N4O3/c1-27(26(33)28-21-10-4-2-3-5-11-21)20-30-22(24-12-8-19-34-24)13-14-23(30)25(32)31(27)18-9-17-29-15-6-7-16-29/h8,12-14,19,21H,2-7,9-11,15-18,20H2,1H3,(H,28,33). The quantitative estimate of drug-likeness (QED) is 0.618. The molecule has 2 aromatic rings. The molecule has 2 fully saturated rings. The van der Waals surface area contributed by atoms with E-state index in [4.69, 9.17) is 4.42 Å². The summed E-state index contributed by atoms with van der Waals surface area (Å²) in [6.07, 6.45) is 11.9. The predicted molar refractivity (Wildman–Crippen MR) is 131 cm³/mol. The fraction of sp³-hybridized carbons (Fsp3) is 0.630. The molecule has 1 N–H and O–H groups in total. The van der Waals surface area contributed by atoms with Crippen molar-refractivity contribution in [3.63, 3.8) is 0 Å². The van der Waals surface area contributed by atoms with Gasteiger partial charge in [0.1, 0.15) is 17.0 Å². The SMILES string of the molecule is CC1(C(=O)NC2CCCCCC2)Cn2c(ccc2-c2ccco2)C(=O)N1CCCN1CCCC1. The van der Waals surface area contributed by atoms with Gasteiger partial charge in [-0.15, -0.1) is 0 Å². The van der Waals surface area contributed by atoms with Crippen LogP contribution in [0.4, 0.5) is 0 Å². The molecule has 2 aliphatic heterocycles. The Hall–Kier alpha value is -2.54. The van der Waals surface area contributed by atoms with Crippen LogP contribution in [0.15, 0.2) is 34.9 Å². The maximum Gasteiger partial charge on any atom is 0.271 e. The number of amides is 2. The van der Waals surface area contributed by atoms with Crippen LogP contribution in [0.3, 0.4) is 0 Å². The van der Waals surface area contributed by atoms with E-state index in [1.165, 1.54) is 25.7 Å². The number of nitrogens with zero attached hydrogens (tertiary/aromatic N) is 3. The molecule has 1 saturated carbocycles. The number of furan rings is 1. The Balaban J connectivity index is 1.41. The lowest BCUT2D eigenvalue weighted by Crippen LogP contribution is -2.65. The second-order valence-electron chi connectivity index (χ2n) is 10.5. The molecule has 184 valence electrons. The van der Waals surface area contributed by atoms with Crippen LogP contribution >= 0.6 is 0 Å². The van der Waals surface area contributed by atoms with E-state index in [1.54, 1.807) is 6.26 Å². The van der Waals surface area contributed by atoms with Gasteiger partial charge in [-0.1, -0.05) is 25.7 Å². The molecule has 2 amide bonds. The molecule has 1 unspecified atom stereocenters. The van der Waals surface area contributed by atoms with Gasteiger partial charge in [0, 0.05) is 12.6 Å². The normalized spacial score (nSPS) is 24.3. The number of carbonyl (C=O) groups excluding carboxylic acids is 2. The summed E-state index contributed by atoms with van der Waals surface area (Å²) in [7, 11) is 0. The van der Waals surface area contributed by atoms with Crippen molar-refractivity contribution in [2.45, 2.75) is 82.8 Å². The highest BCUT2D eigenvalue weighted by Crippen LogP contribution is 2.34. The van der Waals surface area contributed by atoms with Crippen molar-refractivity contribution >= 4 is 11.8 Å². The van der Waals surface area contributed by atoms with E-state index >= 15 is 0 Å². The van der Waals surface area contributed by atoms with Crippen LogP contribution in [0.1, 0.15) is 75.2 Å². The molecule has 0 spiro atoms. The first-order chi connectivity index (χ1) is 16.6. The summed E-state index contributed by atoms with van der Waals surface area (Å²) in [4.78, 5) is 31.9. The van der Waals surface area contributed by atoms with E-state index in [9.17, 15) is 9.59 Å². The van der Waals surface area contributed by atoms with Crippen molar-refractivity contribution in [1.82, 2.24) is 19.7 Å². The van der Waals surface area contributed by atoms with Gasteiger partial charge in [0.25, 0.3) is 5.91 Å². The number of rotatable bonds is 7. The van der Waals surface area contributed by atoms with Gasteiger partial charge in [-0.3, -0.25) is 9.59 Å². The van der Waals surface area contributed by atoms with Crippen molar-refractivity contribution in [3.8, 4) is 11.5 Å². The number of likely N-dealkylation sites (tertiary alicyclic amines) is 1. The zero-order valence-corrected chi connectivity index (χ0v) is 20.4. The van der Waals surface area contributed by atoms with E-state index in [0.29, 0.717) is 24.5 Å². The van der Waals surface area contributed by atoms with E-state index in [-0.39, 0.29) is 17.9 Å². The van der Waals surface area contributed by atoms with Gasteiger partial charge >= 0.3 is 0 Å². The maximum absolute atomic E-state index is 13.9. The fourth-order valence-electron chi connectivity index (χ4n) is 5.99. The van der Waals surface area contributed by atoms with Crippen LogP contribution in [0.2, 0.25) is 0 Å². The Morgan fingerprint density at radius 1 is 1.03 bits per heavy atom. The molecule has 2 aromatic heterocycles. The number of fused-ring (bicyclic) bond motifs is 1. The van der Waals surface area contributed by atoms with Crippen molar-refractivity contribution in [3.05, 3.63) is 36.2 Å². The Morgan fingerprint density at radius 3 is 2.47 bits per heavy atom. The number of carbonyl (C=O) groups is 2. The van der Waals surface area contributed by atoms with E-state index in [2.05, 4.69) is 10.2 Å². The molecule has 0 radical (unpaired) electrons. The van der Waals surface area contributed by atoms with E-state index in [0.717, 1.165) is 57.4 Å². The molecule has 1 saturated heterocycles. The highest BCUT2D eigenvalue weighted by Gasteiger charge is 2.48. The van der Waals surface area contributed by atoms with Crippen LogP contribution < -0.4 is 5.32 Å². The Labute approximate surface area is 202 Å². The van der Waals surface area contributed by atoms with Gasteiger partial charge < -0.3 is 24.1 Å². The number of hydrogen-bond donors (Lipinski definition) is 1. The summed E-state index contributed by atoms with van der Waals surface area (Å²) in [5.74, 6) is 0.621. The van der Waals surface area contributed by atoms with Crippen molar-refractivity contribution in [2.75, 3.05) is 26.2 Å². The van der Waals surface area contributed by atoms with Crippen LogP contribution in [-0.4, -0.2) is 63.9 Å². The highest BCUT2D eigenvalue weighted by molar-refractivity contribution is 6.00. The number of hydrogen-bond acceptors (Lipinski definition) is 4. The summed E-state index contributed by atoms with van der Waals surface area (Å²) in [6.45, 7) is 6.22. The Morgan fingerprint density at radius 2 is 1.76 bits per heavy atom. The average molecular weight is 467 g/mol. The smallest absolute Gasteiger partial charge is 0.271 e. The second-order valence-corrected chi connectivity index (χ2v) is 10.5. The van der Waals surface area contributed by atoms with Gasteiger partial charge in [0.05, 0.1) is 18.5 Å².